The molecule has 0 aliphatic rings. The summed E-state index contributed by atoms with van der Waals surface area (Å²) in [5, 5.41) is 19.3. The molecule has 0 unspecified atom stereocenters. The third kappa shape index (κ3) is 4.21. The molecular formula is C12H15N3O2. The van der Waals surface area contributed by atoms with E-state index >= 15 is 0 Å². The lowest BCUT2D eigenvalue weighted by molar-refractivity contribution is -0.384. The summed E-state index contributed by atoms with van der Waals surface area (Å²) in [7, 11) is 0. The van der Waals surface area contributed by atoms with Crippen LogP contribution in [0.2, 0.25) is 0 Å². The van der Waals surface area contributed by atoms with Crippen LogP contribution in [-0.2, 0) is 6.54 Å². The van der Waals surface area contributed by atoms with Gasteiger partial charge >= 0.3 is 0 Å². The van der Waals surface area contributed by atoms with Crippen LogP contribution >= 0.6 is 0 Å². The molecule has 0 aliphatic heterocycles. The third-order valence-electron chi connectivity index (χ3n) is 2.36. The molecule has 5 nitrogen and oxygen atoms in total. The summed E-state index contributed by atoms with van der Waals surface area (Å²) < 4.78 is 0. The van der Waals surface area contributed by atoms with Gasteiger partial charge in [-0.25, -0.2) is 0 Å². The van der Waals surface area contributed by atoms with Crippen molar-refractivity contribution in [3.63, 3.8) is 0 Å². The number of nitriles is 1. The standard InChI is InChI=1S/C12H15N3O2/c1-2-7-14(8-6-13)10-11-4-3-5-12(9-11)15(16)17/h3-5,9H,2,7-8,10H2,1H3. The van der Waals surface area contributed by atoms with Crippen LogP contribution in [0.1, 0.15) is 18.9 Å². The largest absolute Gasteiger partial charge is 0.286 e. The zero-order valence-corrected chi connectivity index (χ0v) is 9.80. The van der Waals surface area contributed by atoms with Gasteiger partial charge in [-0.15, -0.1) is 0 Å². The molecule has 0 heterocycles. The molecule has 1 aromatic rings. The van der Waals surface area contributed by atoms with E-state index in [9.17, 15) is 10.1 Å². The van der Waals surface area contributed by atoms with Crippen LogP contribution in [0.3, 0.4) is 0 Å². The van der Waals surface area contributed by atoms with Crippen molar-refractivity contribution < 1.29 is 4.92 Å². The lowest BCUT2D eigenvalue weighted by Crippen LogP contribution is -2.24. The van der Waals surface area contributed by atoms with Gasteiger partial charge in [-0.3, -0.25) is 15.0 Å². The Bertz CT molecular complexity index is 426. The first-order chi connectivity index (χ1) is 8.17. The van der Waals surface area contributed by atoms with E-state index in [1.54, 1.807) is 12.1 Å². The molecule has 0 bridgehead atoms. The van der Waals surface area contributed by atoms with Gasteiger partial charge in [0.1, 0.15) is 0 Å². The van der Waals surface area contributed by atoms with Gasteiger partial charge in [-0.1, -0.05) is 19.1 Å². The lowest BCUT2D eigenvalue weighted by atomic mass is 10.2. The van der Waals surface area contributed by atoms with Gasteiger partial charge in [0.15, 0.2) is 0 Å². The van der Waals surface area contributed by atoms with Gasteiger partial charge in [-0.2, -0.15) is 5.26 Å². The van der Waals surface area contributed by atoms with Crippen molar-refractivity contribution in [3.05, 3.63) is 39.9 Å². The fraction of sp³-hybridized carbons (Fsp3) is 0.417. The number of nitro groups is 1. The van der Waals surface area contributed by atoms with Crippen LogP contribution in [0, 0.1) is 21.4 Å². The van der Waals surface area contributed by atoms with Crippen molar-refractivity contribution >= 4 is 5.69 Å². The summed E-state index contributed by atoms with van der Waals surface area (Å²) in [6.45, 7) is 3.77. The zero-order valence-electron chi connectivity index (χ0n) is 9.80. The monoisotopic (exact) mass is 233 g/mol. The minimum atomic E-state index is -0.405. The number of hydrogen-bond acceptors (Lipinski definition) is 4. The van der Waals surface area contributed by atoms with Crippen molar-refractivity contribution in [1.29, 1.82) is 5.26 Å². The highest BCUT2D eigenvalue weighted by molar-refractivity contribution is 5.34. The molecule has 0 N–H and O–H groups in total. The number of non-ortho nitro benzene ring substituents is 1. The van der Waals surface area contributed by atoms with E-state index in [1.165, 1.54) is 6.07 Å². The summed E-state index contributed by atoms with van der Waals surface area (Å²) in [6, 6.07) is 8.64. The molecule has 0 aliphatic carbocycles. The second-order valence-corrected chi connectivity index (χ2v) is 3.80. The Kier molecular flexibility index (Phi) is 5.11. The highest BCUT2D eigenvalue weighted by atomic mass is 16.6. The maximum Gasteiger partial charge on any atom is 0.269 e. The van der Waals surface area contributed by atoms with Gasteiger partial charge in [0.25, 0.3) is 5.69 Å². The topological polar surface area (TPSA) is 70.2 Å². The van der Waals surface area contributed by atoms with E-state index in [2.05, 4.69) is 6.07 Å². The number of rotatable bonds is 6. The molecule has 0 atom stereocenters. The molecule has 5 heteroatoms. The lowest BCUT2D eigenvalue weighted by Gasteiger charge is -2.17. The Balaban J connectivity index is 2.75. The normalized spacial score (nSPS) is 10.2. The summed E-state index contributed by atoms with van der Waals surface area (Å²) in [4.78, 5) is 12.2. The average molecular weight is 233 g/mol. The van der Waals surface area contributed by atoms with Crippen LogP contribution in [0.15, 0.2) is 24.3 Å². The number of hydrogen-bond donors (Lipinski definition) is 0. The van der Waals surface area contributed by atoms with E-state index in [0.29, 0.717) is 13.1 Å². The van der Waals surface area contributed by atoms with Gasteiger partial charge < -0.3 is 0 Å². The zero-order chi connectivity index (χ0) is 12.7. The summed E-state index contributed by atoms with van der Waals surface area (Å²) in [5.74, 6) is 0. The molecule has 0 saturated carbocycles. The second-order valence-electron chi connectivity index (χ2n) is 3.80. The first-order valence-corrected chi connectivity index (χ1v) is 5.50. The minimum absolute atomic E-state index is 0.0934. The highest BCUT2D eigenvalue weighted by Gasteiger charge is 2.08. The Hall–Kier alpha value is -1.93. The Morgan fingerprint density at radius 2 is 2.29 bits per heavy atom. The van der Waals surface area contributed by atoms with Crippen molar-refractivity contribution in [3.8, 4) is 6.07 Å². The molecule has 0 radical (unpaired) electrons. The molecule has 1 rings (SSSR count). The predicted molar refractivity (Wildman–Crippen MR) is 64.3 cm³/mol. The summed E-state index contributed by atoms with van der Waals surface area (Å²) >= 11 is 0. The van der Waals surface area contributed by atoms with Crippen LogP contribution in [0.4, 0.5) is 5.69 Å². The maximum atomic E-state index is 10.6. The average Bonchev–Trinajstić information content (AvgIpc) is 2.30. The fourth-order valence-corrected chi connectivity index (χ4v) is 1.66. The van der Waals surface area contributed by atoms with Crippen molar-refractivity contribution in [2.24, 2.45) is 0 Å². The van der Waals surface area contributed by atoms with E-state index in [4.69, 9.17) is 5.26 Å². The SMILES string of the molecule is CCCN(CC#N)Cc1cccc([N+](=O)[O-])c1. The van der Waals surface area contributed by atoms with Crippen LogP contribution < -0.4 is 0 Å². The molecule has 0 aromatic heterocycles. The Morgan fingerprint density at radius 1 is 1.53 bits per heavy atom. The number of nitrogens with zero attached hydrogens (tertiary/aromatic N) is 3. The minimum Gasteiger partial charge on any atom is -0.286 e. The van der Waals surface area contributed by atoms with E-state index in [0.717, 1.165) is 18.5 Å². The second kappa shape index (κ2) is 6.61. The molecule has 0 spiro atoms. The maximum absolute atomic E-state index is 10.6. The fourth-order valence-electron chi connectivity index (χ4n) is 1.66. The molecule has 1 aromatic carbocycles. The van der Waals surface area contributed by atoms with Crippen LogP contribution in [0.25, 0.3) is 0 Å². The van der Waals surface area contributed by atoms with E-state index in [1.807, 2.05) is 17.9 Å². The van der Waals surface area contributed by atoms with Crippen LogP contribution in [0.5, 0.6) is 0 Å². The van der Waals surface area contributed by atoms with Gasteiger partial charge in [0.2, 0.25) is 0 Å². The van der Waals surface area contributed by atoms with Crippen molar-refractivity contribution in [1.82, 2.24) is 4.90 Å². The van der Waals surface area contributed by atoms with E-state index < -0.39 is 4.92 Å². The predicted octanol–water partition coefficient (Wildman–Crippen LogP) is 2.33. The first-order valence-electron chi connectivity index (χ1n) is 5.50. The summed E-state index contributed by atoms with van der Waals surface area (Å²) in [5.41, 5.74) is 0.957. The molecular weight excluding hydrogens is 218 g/mol. The van der Waals surface area contributed by atoms with Crippen molar-refractivity contribution in [2.75, 3.05) is 13.1 Å². The van der Waals surface area contributed by atoms with Gasteiger partial charge in [0, 0.05) is 18.7 Å². The quantitative estimate of drug-likeness (QED) is 0.429. The Labute approximate surface area is 100 Å². The Morgan fingerprint density at radius 3 is 2.88 bits per heavy atom. The number of nitro benzene ring substituents is 1. The first kappa shape index (κ1) is 13.1. The van der Waals surface area contributed by atoms with Crippen LogP contribution in [-0.4, -0.2) is 22.9 Å². The third-order valence-corrected chi connectivity index (χ3v) is 2.36. The highest BCUT2D eigenvalue weighted by Crippen LogP contribution is 2.14. The van der Waals surface area contributed by atoms with E-state index in [-0.39, 0.29) is 5.69 Å². The smallest absolute Gasteiger partial charge is 0.269 e. The van der Waals surface area contributed by atoms with Crippen molar-refractivity contribution in [2.45, 2.75) is 19.9 Å². The molecule has 0 fully saturated rings. The summed E-state index contributed by atoms with van der Waals surface area (Å²) in [6.07, 6.45) is 0.955. The molecule has 17 heavy (non-hydrogen) atoms. The van der Waals surface area contributed by atoms with Gasteiger partial charge in [0.05, 0.1) is 17.5 Å². The molecule has 0 amide bonds. The number of benzene rings is 1. The van der Waals surface area contributed by atoms with Gasteiger partial charge in [-0.05, 0) is 18.5 Å². The molecule has 90 valence electrons. The molecule has 0 saturated heterocycles.